The molecule has 0 aliphatic rings. The van der Waals surface area contributed by atoms with Crippen LogP contribution in [0.1, 0.15) is 0 Å². The fraction of sp³-hybridized carbons (Fsp3) is 0. The Labute approximate surface area is 59.3 Å². The zero-order valence-corrected chi connectivity index (χ0v) is 5.57. The molecule has 2 heterocycles. The molecule has 2 heteroatoms. The van der Waals surface area contributed by atoms with E-state index in [2.05, 4.69) is 7.05 Å². The van der Waals surface area contributed by atoms with E-state index in [1.807, 2.05) is 41.3 Å². The summed E-state index contributed by atoms with van der Waals surface area (Å²) < 4.78 is 3.83. The summed E-state index contributed by atoms with van der Waals surface area (Å²) in [6, 6.07) is 4.05. The molecule has 0 atom stereocenters. The third-order valence-electron chi connectivity index (χ3n) is 1.53. The van der Waals surface area contributed by atoms with Crippen molar-refractivity contribution in [2.45, 2.75) is 0 Å². The molecule has 2 aromatic heterocycles. The largest absolute Gasteiger partial charge is 0.337 e. The highest BCUT2D eigenvalue weighted by atomic mass is 15.0. The van der Waals surface area contributed by atoms with E-state index in [0.29, 0.717) is 0 Å². The number of fused-ring (bicyclic) bond motifs is 1. The zero-order valence-electron chi connectivity index (χ0n) is 5.57. The molecule has 0 aliphatic carbocycles. The SMILES string of the molecule is [CH2-][n+]1ccn2cccc2c1. The van der Waals surface area contributed by atoms with Crippen LogP contribution in [0.3, 0.4) is 0 Å². The van der Waals surface area contributed by atoms with Crippen LogP contribution in [0, 0.1) is 7.05 Å². The first-order valence-electron chi connectivity index (χ1n) is 3.15. The third-order valence-corrected chi connectivity index (χ3v) is 1.53. The topological polar surface area (TPSA) is 8.29 Å². The van der Waals surface area contributed by atoms with Crippen LogP contribution in [0.5, 0.6) is 0 Å². The molecule has 2 nitrogen and oxygen atoms in total. The van der Waals surface area contributed by atoms with Gasteiger partial charge < -0.3 is 8.97 Å². The standard InChI is InChI=1S/C8H8N2/c1-9-5-6-10-4-2-3-8(10)7-9/h2-7H,1H2. The van der Waals surface area contributed by atoms with E-state index in [9.17, 15) is 0 Å². The molecule has 0 bridgehead atoms. The Hall–Kier alpha value is -1.44. The van der Waals surface area contributed by atoms with Crippen molar-refractivity contribution in [3.05, 3.63) is 44.0 Å². The summed E-state index contributed by atoms with van der Waals surface area (Å²) in [6.45, 7) is 0. The van der Waals surface area contributed by atoms with Gasteiger partial charge in [0.25, 0.3) is 0 Å². The van der Waals surface area contributed by atoms with Crippen molar-refractivity contribution >= 4 is 5.52 Å². The van der Waals surface area contributed by atoms with Gasteiger partial charge in [-0.05, 0) is 12.1 Å². The van der Waals surface area contributed by atoms with Crippen molar-refractivity contribution < 1.29 is 4.57 Å². The average Bonchev–Trinajstić information content (AvgIpc) is 2.33. The smallest absolute Gasteiger partial charge is 0.0930 e. The maximum Gasteiger partial charge on any atom is 0.0930 e. The van der Waals surface area contributed by atoms with E-state index in [-0.39, 0.29) is 0 Å². The molecule has 0 aromatic carbocycles. The molecule has 0 saturated carbocycles. The van der Waals surface area contributed by atoms with E-state index >= 15 is 0 Å². The van der Waals surface area contributed by atoms with Gasteiger partial charge in [-0.1, -0.05) is 0 Å². The molecule has 0 unspecified atom stereocenters. The Morgan fingerprint density at radius 2 is 2.30 bits per heavy atom. The fourth-order valence-electron chi connectivity index (χ4n) is 1.02. The molecule has 0 fully saturated rings. The van der Waals surface area contributed by atoms with Crippen LogP contribution in [-0.4, -0.2) is 4.40 Å². The fourth-order valence-corrected chi connectivity index (χ4v) is 1.02. The van der Waals surface area contributed by atoms with Crippen LogP contribution >= 0.6 is 0 Å². The van der Waals surface area contributed by atoms with Gasteiger partial charge in [0.1, 0.15) is 0 Å². The first kappa shape index (κ1) is 5.35. The predicted octanol–water partition coefficient (Wildman–Crippen LogP) is 0.866. The Morgan fingerprint density at radius 1 is 1.40 bits per heavy atom. The highest BCUT2D eigenvalue weighted by Gasteiger charge is 1.88. The molecule has 10 heavy (non-hydrogen) atoms. The van der Waals surface area contributed by atoms with Crippen LogP contribution in [-0.2, 0) is 0 Å². The Balaban J connectivity index is 2.86. The molecule has 0 radical (unpaired) electrons. The van der Waals surface area contributed by atoms with Gasteiger partial charge >= 0.3 is 0 Å². The molecule has 0 amide bonds. The Kier molecular flexibility index (Phi) is 0.947. The first-order chi connectivity index (χ1) is 4.86. The number of rotatable bonds is 0. The van der Waals surface area contributed by atoms with Crippen molar-refractivity contribution in [1.82, 2.24) is 4.40 Å². The summed E-state index contributed by atoms with van der Waals surface area (Å²) in [5, 5.41) is 0. The Bertz CT molecular complexity index is 349. The minimum absolute atomic E-state index is 1.16. The molecule has 0 N–H and O–H groups in total. The average molecular weight is 132 g/mol. The molecule has 2 rings (SSSR count). The van der Waals surface area contributed by atoms with Crippen molar-refractivity contribution in [1.29, 1.82) is 0 Å². The lowest BCUT2D eigenvalue weighted by Gasteiger charge is -1.96. The highest BCUT2D eigenvalue weighted by molar-refractivity contribution is 5.42. The quantitative estimate of drug-likeness (QED) is 0.371. The van der Waals surface area contributed by atoms with Crippen molar-refractivity contribution in [3.8, 4) is 0 Å². The van der Waals surface area contributed by atoms with E-state index in [0.717, 1.165) is 5.52 Å². The van der Waals surface area contributed by atoms with Gasteiger partial charge in [-0.3, -0.25) is 0 Å². The van der Waals surface area contributed by atoms with Crippen LogP contribution in [0.2, 0.25) is 0 Å². The first-order valence-corrected chi connectivity index (χ1v) is 3.15. The van der Waals surface area contributed by atoms with Gasteiger partial charge in [0.15, 0.2) is 0 Å². The summed E-state index contributed by atoms with van der Waals surface area (Å²) >= 11 is 0. The number of hydrogen-bond donors (Lipinski definition) is 0. The molecule has 0 spiro atoms. The van der Waals surface area contributed by atoms with E-state index < -0.39 is 0 Å². The lowest BCUT2D eigenvalue weighted by atomic mass is 10.5. The molecule has 2 aromatic rings. The van der Waals surface area contributed by atoms with Gasteiger partial charge in [0.2, 0.25) is 0 Å². The second-order valence-electron chi connectivity index (χ2n) is 2.28. The van der Waals surface area contributed by atoms with Crippen molar-refractivity contribution in [2.24, 2.45) is 0 Å². The van der Waals surface area contributed by atoms with Gasteiger partial charge in [-0.15, -0.1) is 0 Å². The summed E-state index contributed by atoms with van der Waals surface area (Å²) in [6.07, 6.45) is 7.87. The van der Waals surface area contributed by atoms with E-state index in [1.165, 1.54) is 0 Å². The minimum Gasteiger partial charge on any atom is -0.337 e. The Morgan fingerprint density at radius 3 is 3.20 bits per heavy atom. The zero-order chi connectivity index (χ0) is 6.97. The third kappa shape index (κ3) is 0.658. The molecule has 0 saturated heterocycles. The van der Waals surface area contributed by atoms with E-state index in [1.54, 1.807) is 4.57 Å². The maximum absolute atomic E-state index is 3.75. The summed E-state index contributed by atoms with van der Waals surface area (Å²) in [4.78, 5) is 0. The van der Waals surface area contributed by atoms with Crippen LogP contribution in [0.25, 0.3) is 5.52 Å². The van der Waals surface area contributed by atoms with Gasteiger partial charge in [-0.2, -0.15) is 0 Å². The second-order valence-corrected chi connectivity index (χ2v) is 2.28. The van der Waals surface area contributed by atoms with Gasteiger partial charge in [0, 0.05) is 19.4 Å². The van der Waals surface area contributed by atoms with Crippen LogP contribution in [0.4, 0.5) is 0 Å². The molecule has 0 aliphatic heterocycles. The lowest BCUT2D eigenvalue weighted by molar-refractivity contribution is -0.611. The van der Waals surface area contributed by atoms with Crippen molar-refractivity contribution in [2.75, 3.05) is 0 Å². The summed E-state index contributed by atoms with van der Waals surface area (Å²) in [5.74, 6) is 0. The normalized spacial score (nSPS) is 10.4. The maximum atomic E-state index is 3.75. The summed E-state index contributed by atoms with van der Waals surface area (Å²) in [7, 11) is 3.75. The second kappa shape index (κ2) is 1.77. The highest BCUT2D eigenvalue weighted by Crippen LogP contribution is 1.98. The number of nitrogens with zero attached hydrogens (tertiary/aromatic N) is 2. The summed E-state index contributed by atoms with van der Waals surface area (Å²) in [5.41, 5.74) is 1.16. The number of hydrogen-bond acceptors (Lipinski definition) is 0. The minimum atomic E-state index is 1.16. The lowest BCUT2D eigenvalue weighted by Crippen LogP contribution is -2.23. The van der Waals surface area contributed by atoms with E-state index in [4.69, 9.17) is 0 Å². The van der Waals surface area contributed by atoms with Crippen LogP contribution < -0.4 is 4.57 Å². The predicted molar refractivity (Wildman–Crippen MR) is 38.3 cm³/mol. The number of aromatic nitrogens is 2. The molecular formula is C8H8N2. The molecule has 50 valence electrons. The van der Waals surface area contributed by atoms with Gasteiger partial charge in [0.05, 0.1) is 17.9 Å². The van der Waals surface area contributed by atoms with Crippen molar-refractivity contribution in [3.63, 3.8) is 0 Å². The van der Waals surface area contributed by atoms with Gasteiger partial charge in [-0.25, -0.2) is 0 Å². The monoisotopic (exact) mass is 132 g/mol. The molecular weight excluding hydrogens is 124 g/mol. The van der Waals surface area contributed by atoms with Crippen LogP contribution in [0.15, 0.2) is 36.9 Å².